The van der Waals surface area contributed by atoms with Crippen LogP contribution in [0.3, 0.4) is 0 Å². The van der Waals surface area contributed by atoms with Crippen molar-refractivity contribution in [3.05, 3.63) is 106 Å². The van der Waals surface area contributed by atoms with Crippen LogP contribution in [0.2, 0.25) is 10.0 Å². The summed E-state index contributed by atoms with van der Waals surface area (Å²) in [5, 5.41) is 4.29. The van der Waals surface area contributed by atoms with Crippen molar-refractivity contribution < 1.29 is 4.39 Å². The molecule has 0 unspecified atom stereocenters. The zero-order chi connectivity index (χ0) is 22.9. The molecule has 0 aliphatic heterocycles. The van der Waals surface area contributed by atoms with E-state index in [2.05, 4.69) is 21.4 Å². The molecule has 7 heteroatoms. The maximum Gasteiger partial charge on any atom is 0.146 e. The average Bonchev–Trinajstić information content (AvgIpc) is 3.25. The molecule has 3 aromatic heterocycles. The Hall–Kier alpha value is -3.41. The summed E-state index contributed by atoms with van der Waals surface area (Å²) in [6.07, 6.45) is 5.65. The number of hydrogen-bond donors (Lipinski definition) is 1. The number of pyridine rings is 2. The number of benzene rings is 2. The summed E-state index contributed by atoms with van der Waals surface area (Å²) in [7, 11) is 0. The maximum absolute atomic E-state index is 13.2. The van der Waals surface area contributed by atoms with Crippen LogP contribution in [0.4, 0.5) is 10.1 Å². The molecule has 0 spiro atoms. The van der Waals surface area contributed by atoms with E-state index >= 15 is 0 Å². The zero-order valence-electron chi connectivity index (χ0n) is 17.7. The average molecular weight is 477 g/mol. The number of rotatable bonds is 5. The summed E-state index contributed by atoms with van der Waals surface area (Å²) in [6.45, 7) is 2.55. The van der Waals surface area contributed by atoms with E-state index in [9.17, 15) is 4.39 Å². The molecule has 0 bridgehead atoms. The van der Waals surface area contributed by atoms with Crippen LogP contribution in [-0.2, 0) is 6.54 Å². The van der Waals surface area contributed by atoms with Gasteiger partial charge < -0.3 is 5.32 Å². The Bertz CT molecular complexity index is 1460. The van der Waals surface area contributed by atoms with Gasteiger partial charge >= 0.3 is 0 Å². The van der Waals surface area contributed by atoms with Crippen LogP contribution in [0.15, 0.2) is 79.3 Å². The van der Waals surface area contributed by atoms with Crippen molar-refractivity contribution >= 4 is 34.4 Å². The molecule has 0 aliphatic carbocycles. The summed E-state index contributed by atoms with van der Waals surface area (Å²) >= 11 is 12.7. The van der Waals surface area contributed by atoms with Gasteiger partial charge in [0.25, 0.3) is 0 Å². The first kappa shape index (κ1) is 21.4. The van der Waals surface area contributed by atoms with Gasteiger partial charge in [-0.25, -0.2) is 9.37 Å². The van der Waals surface area contributed by atoms with Crippen LogP contribution in [0.5, 0.6) is 0 Å². The Morgan fingerprint density at radius 3 is 2.55 bits per heavy atom. The number of imidazole rings is 1. The number of hydrogen-bond acceptors (Lipinski definition) is 3. The Labute approximate surface area is 200 Å². The second-order valence-electron chi connectivity index (χ2n) is 7.69. The molecule has 164 valence electrons. The third kappa shape index (κ3) is 4.17. The lowest BCUT2D eigenvalue weighted by atomic mass is 10.0. The highest BCUT2D eigenvalue weighted by atomic mass is 35.5. The van der Waals surface area contributed by atoms with E-state index < -0.39 is 0 Å². The summed E-state index contributed by atoms with van der Waals surface area (Å²) < 4.78 is 15.2. The Balaban J connectivity index is 1.52. The van der Waals surface area contributed by atoms with Gasteiger partial charge in [-0.2, -0.15) is 0 Å². The topological polar surface area (TPSA) is 42.2 Å². The van der Waals surface area contributed by atoms with Crippen LogP contribution in [0.1, 0.15) is 11.3 Å². The number of nitrogens with zero attached hydrogens (tertiary/aromatic N) is 3. The van der Waals surface area contributed by atoms with Gasteiger partial charge in [-0.3, -0.25) is 9.38 Å². The molecule has 3 heterocycles. The zero-order valence-corrected chi connectivity index (χ0v) is 19.2. The summed E-state index contributed by atoms with van der Waals surface area (Å²) in [4.78, 5) is 9.24. The largest absolute Gasteiger partial charge is 0.381 e. The maximum atomic E-state index is 13.2. The Kier molecular flexibility index (Phi) is 5.75. The minimum atomic E-state index is -0.257. The number of nitrogens with one attached hydrogen (secondary N) is 1. The van der Waals surface area contributed by atoms with E-state index in [1.54, 1.807) is 18.2 Å². The molecular formula is C26H19Cl2FN4. The van der Waals surface area contributed by atoms with Gasteiger partial charge in [0.1, 0.15) is 11.6 Å². The number of anilines is 1. The lowest BCUT2D eigenvalue weighted by Gasteiger charge is -2.12. The van der Waals surface area contributed by atoms with Crippen molar-refractivity contribution in [2.45, 2.75) is 13.5 Å². The van der Waals surface area contributed by atoms with Gasteiger partial charge in [0.05, 0.1) is 21.8 Å². The molecule has 0 atom stereocenters. The van der Waals surface area contributed by atoms with Crippen molar-refractivity contribution in [3.63, 3.8) is 0 Å². The van der Waals surface area contributed by atoms with E-state index in [4.69, 9.17) is 23.2 Å². The highest BCUT2D eigenvalue weighted by molar-refractivity contribution is 6.43. The van der Waals surface area contributed by atoms with Crippen LogP contribution in [0, 0.1) is 12.7 Å². The molecule has 0 aliphatic rings. The molecule has 0 amide bonds. The molecular weight excluding hydrogens is 458 g/mol. The molecule has 5 rings (SSSR count). The lowest BCUT2D eigenvalue weighted by Crippen LogP contribution is -2.03. The fourth-order valence-corrected chi connectivity index (χ4v) is 4.20. The predicted molar refractivity (Wildman–Crippen MR) is 132 cm³/mol. The highest BCUT2D eigenvalue weighted by Crippen LogP contribution is 2.35. The van der Waals surface area contributed by atoms with Gasteiger partial charge in [-0.05, 0) is 61.0 Å². The first-order valence-electron chi connectivity index (χ1n) is 10.4. The minimum absolute atomic E-state index is 0.257. The van der Waals surface area contributed by atoms with Crippen molar-refractivity contribution in [3.8, 4) is 22.5 Å². The summed E-state index contributed by atoms with van der Waals surface area (Å²) in [5.74, 6) is 0.463. The van der Waals surface area contributed by atoms with Crippen LogP contribution in [0.25, 0.3) is 28.0 Å². The molecule has 0 saturated carbocycles. The number of halogens is 3. The predicted octanol–water partition coefficient (Wildman–Crippen LogP) is 7.43. The standard InChI is InChI=1S/C26H19Cl2FN4/c1-16-17(13-31-20-9-7-19(29)8-10-20)12-18(14-30-16)21-5-3-11-33-24(21)15-32-26(33)22-4-2-6-23(27)25(22)28/h2-12,14-15,31H,13H2,1H3. The molecule has 0 saturated heterocycles. The van der Waals surface area contributed by atoms with E-state index in [1.165, 1.54) is 12.1 Å². The van der Waals surface area contributed by atoms with E-state index in [1.807, 2.05) is 54.2 Å². The highest BCUT2D eigenvalue weighted by Gasteiger charge is 2.15. The Morgan fingerprint density at radius 1 is 0.939 bits per heavy atom. The monoisotopic (exact) mass is 476 g/mol. The second-order valence-corrected chi connectivity index (χ2v) is 8.47. The number of aryl methyl sites for hydroxylation is 1. The van der Waals surface area contributed by atoms with Crippen molar-refractivity contribution in [1.82, 2.24) is 14.4 Å². The number of fused-ring (bicyclic) bond motifs is 1. The molecule has 2 aromatic carbocycles. The van der Waals surface area contributed by atoms with Crippen LogP contribution in [-0.4, -0.2) is 14.4 Å². The van der Waals surface area contributed by atoms with Crippen LogP contribution < -0.4 is 5.32 Å². The van der Waals surface area contributed by atoms with E-state index in [-0.39, 0.29) is 5.82 Å². The molecule has 4 nitrogen and oxygen atoms in total. The van der Waals surface area contributed by atoms with E-state index in [0.29, 0.717) is 16.6 Å². The third-order valence-electron chi connectivity index (χ3n) is 5.59. The SMILES string of the molecule is Cc1ncc(-c2cccn3c(-c4cccc(Cl)c4Cl)ncc23)cc1CNc1ccc(F)cc1. The third-order valence-corrected chi connectivity index (χ3v) is 6.41. The van der Waals surface area contributed by atoms with Crippen molar-refractivity contribution in [2.75, 3.05) is 5.32 Å². The summed E-state index contributed by atoms with van der Waals surface area (Å²) in [5.41, 5.74) is 6.52. The summed E-state index contributed by atoms with van der Waals surface area (Å²) in [6, 6.07) is 18.0. The molecule has 33 heavy (non-hydrogen) atoms. The van der Waals surface area contributed by atoms with Crippen LogP contribution >= 0.6 is 23.2 Å². The minimum Gasteiger partial charge on any atom is -0.381 e. The molecule has 5 aromatic rings. The first-order valence-corrected chi connectivity index (χ1v) is 11.1. The molecule has 1 N–H and O–H groups in total. The first-order chi connectivity index (χ1) is 16.0. The van der Waals surface area contributed by atoms with Gasteiger partial charge in [0, 0.05) is 47.0 Å². The normalized spacial score (nSPS) is 11.2. The van der Waals surface area contributed by atoms with Crippen molar-refractivity contribution in [2.24, 2.45) is 0 Å². The lowest BCUT2D eigenvalue weighted by molar-refractivity contribution is 0.628. The molecule has 0 radical (unpaired) electrons. The van der Waals surface area contributed by atoms with Gasteiger partial charge in [-0.1, -0.05) is 35.3 Å². The van der Waals surface area contributed by atoms with E-state index in [0.717, 1.165) is 45.0 Å². The molecule has 0 fully saturated rings. The second kappa shape index (κ2) is 8.85. The number of aromatic nitrogens is 3. The van der Waals surface area contributed by atoms with Crippen molar-refractivity contribution in [1.29, 1.82) is 0 Å². The quantitative estimate of drug-likeness (QED) is 0.286. The fourth-order valence-electron chi connectivity index (χ4n) is 3.81. The fraction of sp³-hybridized carbons (Fsp3) is 0.0769. The smallest absolute Gasteiger partial charge is 0.146 e. The van der Waals surface area contributed by atoms with Gasteiger partial charge in [-0.15, -0.1) is 0 Å². The Morgan fingerprint density at radius 2 is 1.73 bits per heavy atom. The van der Waals surface area contributed by atoms with Gasteiger partial charge in [0.15, 0.2) is 0 Å². The van der Waals surface area contributed by atoms with Gasteiger partial charge in [0.2, 0.25) is 0 Å².